The normalized spacial score (nSPS) is 16.2. The molecule has 6 heteroatoms. The van der Waals surface area contributed by atoms with E-state index in [9.17, 15) is 13.2 Å². The number of fused-ring (bicyclic) bond motifs is 1. The van der Waals surface area contributed by atoms with E-state index in [1.807, 2.05) is 0 Å². The highest BCUT2D eigenvalue weighted by molar-refractivity contribution is 7.11. The largest absolute Gasteiger partial charge is 0.416 e. The van der Waals surface area contributed by atoms with Crippen molar-refractivity contribution in [1.29, 1.82) is 0 Å². The molecule has 2 aromatic rings. The van der Waals surface area contributed by atoms with Crippen molar-refractivity contribution in [3.05, 3.63) is 51.0 Å². The molecule has 3 rings (SSSR count). The molecular weight excluding hydrogens is 285 g/mol. The van der Waals surface area contributed by atoms with E-state index in [-0.39, 0.29) is 0 Å². The molecule has 2 nitrogen and oxygen atoms in total. The maximum atomic E-state index is 12.7. The first-order chi connectivity index (χ1) is 9.45. The molecule has 0 amide bonds. The van der Waals surface area contributed by atoms with Gasteiger partial charge >= 0.3 is 6.18 Å². The van der Waals surface area contributed by atoms with Gasteiger partial charge in [-0.3, -0.25) is 0 Å². The Morgan fingerprint density at radius 1 is 1.25 bits per heavy atom. The third-order valence-electron chi connectivity index (χ3n) is 3.45. The lowest BCUT2D eigenvalue weighted by Crippen LogP contribution is -2.13. The Balaban J connectivity index is 1.91. The van der Waals surface area contributed by atoms with E-state index in [2.05, 4.69) is 4.98 Å². The van der Waals surface area contributed by atoms with Crippen LogP contribution in [0.4, 0.5) is 13.2 Å². The van der Waals surface area contributed by atoms with Gasteiger partial charge in [0.1, 0.15) is 5.01 Å². The van der Waals surface area contributed by atoms with E-state index in [4.69, 9.17) is 5.73 Å². The van der Waals surface area contributed by atoms with Crippen LogP contribution in [0.1, 0.15) is 39.2 Å². The first kappa shape index (κ1) is 13.6. The van der Waals surface area contributed by atoms with Gasteiger partial charge in [-0.25, -0.2) is 4.98 Å². The molecule has 1 heterocycles. The van der Waals surface area contributed by atoms with E-state index >= 15 is 0 Å². The molecular formula is C14H13F3N2S. The molecule has 0 aliphatic heterocycles. The third kappa shape index (κ3) is 2.45. The van der Waals surface area contributed by atoms with Crippen LogP contribution < -0.4 is 5.73 Å². The number of nitrogens with two attached hydrogens (primary N) is 1. The quantitative estimate of drug-likeness (QED) is 0.918. The van der Waals surface area contributed by atoms with Crippen molar-refractivity contribution >= 4 is 11.3 Å². The molecule has 2 N–H and O–H groups in total. The molecule has 106 valence electrons. The minimum absolute atomic E-state index is 0.451. The van der Waals surface area contributed by atoms with Gasteiger partial charge in [0.25, 0.3) is 0 Å². The summed E-state index contributed by atoms with van der Waals surface area (Å²) in [5.74, 6) is 0. The number of nitrogens with zero attached hydrogens (tertiary/aromatic N) is 1. The maximum absolute atomic E-state index is 12.7. The van der Waals surface area contributed by atoms with Crippen molar-refractivity contribution in [2.75, 3.05) is 0 Å². The number of aryl methyl sites for hydroxylation is 2. The van der Waals surface area contributed by atoms with E-state index in [0.717, 1.165) is 37.1 Å². The van der Waals surface area contributed by atoms with Crippen molar-refractivity contribution in [3.63, 3.8) is 0 Å². The fourth-order valence-electron chi connectivity index (χ4n) is 2.39. The Morgan fingerprint density at radius 2 is 2.05 bits per heavy atom. The van der Waals surface area contributed by atoms with Gasteiger partial charge in [-0.2, -0.15) is 13.2 Å². The highest BCUT2D eigenvalue weighted by Gasteiger charge is 2.31. The summed E-state index contributed by atoms with van der Waals surface area (Å²) < 4.78 is 38.1. The second-order valence-corrected chi connectivity index (χ2v) is 5.99. The van der Waals surface area contributed by atoms with Crippen molar-refractivity contribution in [2.45, 2.75) is 31.5 Å². The second kappa shape index (κ2) is 4.86. The molecule has 1 aliphatic rings. The highest BCUT2D eigenvalue weighted by atomic mass is 32.1. The monoisotopic (exact) mass is 298 g/mol. The van der Waals surface area contributed by atoms with Crippen LogP contribution in [0, 0.1) is 0 Å². The number of halogens is 3. The standard InChI is InChI=1S/C14H13F3N2S/c15-14(16,17)9-4-1-3-8(7-9)12(18)13-19-10-5-2-6-11(10)20-13/h1,3-4,7,12H,2,5-6,18H2. The van der Waals surface area contributed by atoms with E-state index in [0.29, 0.717) is 10.6 Å². The van der Waals surface area contributed by atoms with Gasteiger partial charge in [0.2, 0.25) is 0 Å². The lowest BCUT2D eigenvalue weighted by molar-refractivity contribution is -0.137. The molecule has 0 fully saturated rings. The van der Waals surface area contributed by atoms with Gasteiger partial charge in [0, 0.05) is 4.88 Å². The van der Waals surface area contributed by atoms with Gasteiger partial charge < -0.3 is 5.73 Å². The van der Waals surface area contributed by atoms with Crippen molar-refractivity contribution in [3.8, 4) is 0 Å². The van der Waals surface area contributed by atoms with Crippen LogP contribution in [0.3, 0.4) is 0 Å². The van der Waals surface area contributed by atoms with Crippen LogP contribution in [-0.2, 0) is 19.0 Å². The summed E-state index contributed by atoms with van der Waals surface area (Å²) in [7, 11) is 0. The fourth-order valence-corrected chi connectivity index (χ4v) is 3.58. The molecule has 0 saturated heterocycles. The first-order valence-electron chi connectivity index (χ1n) is 6.36. The van der Waals surface area contributed by atoms with Crippen LogP contribution in [0.5, 0.6) is 0 Å². The number of rotatable bonds is 2. The zero-order valence-electron chi connectivity index (χ0n) is 10.6. The number of aromatic nitrogens is 1. The van der Waals surface area contributed by atoms with E-state index in [1.54, 1.807) is 6.07 Å². The molecule has 0 radical (unpaired) electrons. The fraction of sp³-hybridized carbons (Fsp3) is 0.357. The molecule has 0 bridgehead atoms. The summed E-state index contributed by atoms with van der Waals surface area (Å²) in [5.41, 5.74) is 6.91. The van der Waals surface area contributed by atoms with Crippen LogP contribution in [0.25, 0.3) is 0 Å². The van der Waals surface area contributed by atoms with Gasteiger partial charge in [-0.05, 0) is 37.0 Å². The molecule has 1 aliphatic carbocycles. The number of thiazole rings is 1. The molecule has 1 aromatic heterocycles. The SMILES string of the molecule is NC(c1cccc(C(F)(F)F)c1)c1nc2c(s1)CCC2. The second-order valence-electron chi connectivity index (χ2n) is 4.88. The van der Waals surface area contributed by atoms with Crippen LogP contribution in [0.15, 0.2) is 24.3 Å². The summed E-state index contributed by atoms with van der Waals surface area (Å²) in [6, 6.07) is 4.58. The van der Waals surface area contributed by atoms with Crippen LogP contribution in [0.2, 0.25) is 0 Å². The van der Waals surface area contributed by atoms with E-state index < -0.39 is 17.8 Å². The Hall–Kier alpha value is -1.40. The van der Waals surface area contributed by atoms with Gasteiger partial charge in [0.05, 0.1) is 17.3 Å². The maximum Gasteiger partial charge on any atom is 0.416 e. The molecule has 0 saturated carbocycles. The number of alkyl halides is 3. The zero-order chi connectivity index (χ0) is 14.3. The minimum Gasteiger partial charge on any atom is -0.318 e. The summed E-state index contributed by atoms with van der Waals surface area (Å²) in [5, 5.41) is 0.703. The lowest BCUT2D eigenvalue weighted by Gasteiger charge is -2.12. The van der Waals surface area contributed by atoms with Gasteiger partial charge in [0.15, 0.2) is 0 Å². The Labute approximate surface area is 118 Å². The van der Waals surface area contributed by atoms with Gasteiger partial charge in [-0.1, -0.05) is 12.1 Å². The summed E-state index contributed by atoms with van der Waals surface area (Å²) >= 11 is 1.52. The highest BCUT2D eigenvalue weighted by Crippen LogP contribution is 2.34. The average molecular weight is 298 g/mol. The summed E-state index contributed by atoms with van der Waals surface area (Å²) in [4.78, 5) is 5.70. The Kier molecular flexibility index (Phi) is 3.30. The van der Waals surface area contributed by atoms with Gasteiger partial charge in [-0.15, -0.1) is 11.3 Å². The van der Waals surface area contributed by atoms with Crippen molar-refractivity contribution in [1.82, 2.24) is 4.98 Å². The number of benzene rings is 1. The smallest absolute Gasteiger partial charge is 0.318 e. The zero-order valence-corrected chi connectivity index (χ0v) is 11.4. The average Bonchev–Trinajstić information content (AvgIpc) is 2.97. The number of hydrogen-bond donors (Lipinski definition) is 1. The topological polar surface area (TPSA) is 38.9 Å². The molecule has 1 unspecified atom stereocenters. The minimum atomic E-state index is -4.35. The predicted octanol–water partition coefficient (Wildman–Crippen LogP) is 3.70. The first-order valence-corrected chi connectivity index (χ1v) is 7.18. The molecule has 1 aromatic carbocycles. The van der Waals surface area contributed by atoms with Crippen molar-refractivity contribution in [2.24, 2.45) is 5.73 Å². The van der Waals surface area contributed by atoms with Crippen molar-refractivity contribution < 1.29 is 13.2 Å². The molecule has 0 spiro atoms. The van der Waals surface area contributed by atoms with Crippen LogP contribution >= 0.6 is 11.3 Å². The Bertz CT molecular complexity index is 612. The number of hydrogen-bond acceptors (Lipinski definition) is 3. The molecule has 1 atom stereocenters. The summed E-state index contributed by atoms with van der Waals surface area (Å²) in [6.45, 7) is 0. The van der Waals surface area contributed by atoms with E-state index in [1.165, 1.54) is 22.3 Å². The lowest BCUT2D eigenvalue weighted by atomic mass is 10.0. The molecule has 20 heavy (non-hydrogen) atoms. The summed E-state index contributed by atoms with van der Waals surface area (Å²) in [6.07, 6.45) is -1.29. The van der Waals surface area contributed by atoms with Crippen LogP contribution in [-0.4, -0.2) is 4.98 Å². The third-order valence-corrected chi connectivity index (χ3v) is 4.69. The Morgan fingerprint density at radius 3 is 2.75 bits per heavy atom. The predicted molar refractivity (Wildman–Crippen MR) is 71.6 cm³/mol.